The van der Waals surface area contributed by atoms with Gasteiger partial charge in [0, 0.05) is 24.2 Å². The largest absolute Gasteiger partial charge is 0.497 e. The van der Waals surface area contributed by atoms with Crippen molar-refractivity contribution in [1.82, 2.24) is 15.1 Å². The lowest BCUT2D eigenvalue weighted by atomic mass is 9.93. The molecule has 8 heteroatoms. The van der Waals surface area contributed by atoms with Gasteiger partial charge in [-0.1, -0.05) is 53.6 Å². The number of hydrogen-bond acceptors (Lipinski definition) is 6. The Morgan fingerprint density at radius 2 is 1.87 bits per heavy atom. The zero-order valence-electron chi connectivity index (χ0n) is 22.9. The Kier molecular flexibility index (Phi) is 8.10. The molecule has 0 aliphatic carbocycles. The monoisotopic (exact) mass is 546 g/mol. The molecular formula is C31H35ClN4O3. The molecule has 39 heavy (non-hydrogen) atoms. The number of nitrogens with zero attached hydrogens (tertiary/aromatic N) is 3. The number of benzene rings is 3. The van der Waals surface area contributed by atoms with E-state index < -0.39 is 0 Å². The van der Waals surface area contributed by atoms with Crippen LogP contribution in [0.15, 0.2) is 71.7 Å². The van der Waals surface area contributed by atoms with E-state index in [0.29, 0.717) is 30.5 Å². The third kappa shape index (κ3) is 6.05. The normalized spacial score (nSPS) is 19.7. The fourth-order valence-corrected chi connectivity index (χ4v) is 5.41. The number of piperazine rings is 1. The van der Waals surface area contributed by atoms with E-state index in [2.05, 4.69) is 58.4 Å². The second kappa shape index (κ2) is 11.7. The molecule has 1 fully saturated rings. The summed E-state index contributed by atoms with van der Waals surface area (Å²) in [5, 5.41) is 3.62. The van der Waals surface area contributed by atoms with Gasteiger partial charge in [-0.05, 0) is 56.2 Å². The van der Waals surface area contributed by atoms with Crippen LogP contribution in [0.25, 0.3) is 0 Å². The second-order valence-electron chi connectivity index (χ2n) is 10.4. The maximum absolute atomic E-state index is 12.3. The van der Waals surface area contributed by atoms with Crippen LogP contribution < -0.4 is 14.8 Å². The molecule has 0 aromatic heterocycles. The van der Waals surface area contributed by atoms with Gasteiger partial charge in [0.25, 0.3) is 0 Å². The number of amidine groups is 1. The molecule has 1 N–H and O–H groups in total. The standard InChI is InChI=1S/C31H35ClN4O3/c1-20(2)39-27-17-25(38-4)12-13-26(27)31-34-29(23-7-5-6-21(3)16-23)30(22-8-10-24(32)11-9-22)36(31)19-35-15-14-33-28(37)18-35/h5-13,16-17,20,29-30H,14-15,18-19H2,1-4H3,(H,33,37)/t29-,30+/m0/s1. The number of carbonyl (C=O) groups excluding carboxylic acids is 1. The molecule has 1 amide bonds. The molecule has 3 aromatic carbocycles. The van der Waals surface area contributed by atoms with Gasteiger partial charge < -0.3 is 19.7 Å². The minimum absolute atomic E-state index is 0.0308. The van der Waals surface area contributed by atoms with Gasteiger partial charge in [0.15, 0.2) is 0 Å². The lowest BCUT2D eigenvalue weighted by molar-refractivity contribution is -0.124. The van der Waals surface area contributed by atoms with Crippen molar-refractivity contribution in [2.45, 2.75) is 39.0 Å². The first-order chi connectivity index (χ1) is 18.8. The van der Waals surface area contributed by atoms with Crippen LogP contribution in [-0.4, -0.2) is 61.1 Å². The zero-order chi connectivity index (χ0) is 27.5. The van der Waals surface area contributed by atoms with Gasteiger partial charge >= 0.3 is 0 Å². The lowest BCUT2D eigenvalue weighted by Gasteiger charge is -2.37. The number of carbonyl (C=O) groups is 1. The van der Waals surface area contributed by atoms with E-state index in [4.69, 9.17) is 26.1 Å². The van der Waals surface area contributed by atoms with Crippen LogP contribution in [0.5, 0.6) is 11.5 Å². The first kappa shape index (κ1) is 27.0. The van der Waals surface area contributed by atoms with Gasteiger partial charge in [-0.3, -0.25) is 14.7 Å². The molecule has 5 rings (SSSR count). The van der Waals surface area contributed by atoms with E-state index in [0.717, 1.165) is 34.8 Å². The molecule has 2 aliphatic rings. The molecule has 0 unspecified atom stereocenters. The van der Waals surface area contributed by atoms with E-state index >= 15 is 0 Å². The van der Waals surface area contributed by atoms with Gasteiger partial charge in [-0.2, -0.15) is 0 Å². The van der Waals surface area contributed by atoms with Crippen molar-refractivity contribution in [3.05, 3.63) is 94.0 Å². The Morgan fingerprint density at radius 1 is 1.08 bits per heavy atom. The van der Waals surface area contributed by atoms with Crippen molar-refractivity contribution in [3.63, 3.8) is 0 Å². The van der Waals surface area contributed by atoms with Crippen LogP contribution in [0.2, 0.25) is 5.02 Å². The Morgan fingerprint density at radius 3 is 2.56 bits per heavy atom. The van der Waals surface area contributed by atoms with Crippen molar-refractivity contribution in [2.75, 3.05) is 33.4 Å². The summed E-state index contributed by atoms with van der Waals surface area (Å²) in [7, 11) is 1.65. The van der Waals surface area contributed by atoms with Gasteiger partial charge in [0.1, 0.15) is 23.4 Å². The molecule has 2 heterocycles. The summed E-state index contributed by atoms with van der Waals surface area (Å²) in [5.41, 5.74) is 4.30. The highest BCUT2D eigenvalue weighted by Gasteiger charge is 2.41. The summed E-state index contributed by atoms with van der Waals surface area (Å²) in [6, 6.07) is 22.1. The van der Waals surface area contributed by atoms with Gasteiger partial charge in [0.2, 0.25) is 5.91 Å². The fourth-order valence-electron chi connectivity index (χ4n) is 5.28. The first-order valence-electron chi connectivity index (χ1n) is 13.3. The number of halogens is 1. The predicted molar refractivity (Wildman–Crippen MR) is 155 cm³/mol. The third-order valence-electron chi connectivity index (χ3n) is 7.03. The number of rotatable bonds is 8. The smallest absolute Gasteiger partial charge is 0.234 e. The molecule has 2 aliphatic heterocycles. The SMILES string of the molecule is COc1ccc(C2=N[C@@H](c3cccc(C)c3)[C@@H](c3ccc(Cl)cc3)N2CN2CCNC(=O)C2)c(OC(C)C)c1. The number of hydrogen-bond donors (Lipinski definition) is 1. The Hall–Kier alpha value is -3.55. The van der Waals surface area contributed by atoms with Gasteiger partial charge in [-0.25, -0.2) is 0 Å². The van der Waals surface area contributed by atoms with E-state index in [1.807, 2.05) is 44.2 Å². The molecule has 1 saturated heterocycles. The van der Waals surface area contributed by atoms with E-state index in [-0.39, 0.29) is 24.1 Å². The van der Waals surface area contributed by atoms with Gasteiger partial charge in [-0.15, -0.1) is 0 Å². The lowest BCUT2D eigenvalue weighted by Crippen LogP contribution is -2.52. The molecule has 0 spiro atoms. The molecule has 7 nitrogen and oxygen atoms in total. The van der Waals surface area contributed by atoms with Crippen LogP contribution in [0.4, 0.5) is 0 Å². The van der Waals surface area contributed by atoms with Crippen LogP contribution in [0.3, 0.4) is 0 Å². The summed E-state index contributed by atoms with van der Waals surface area (Å²) in [6.45, 7) is 8.37. The second-order valence-corrected chi connectivity index (χ2v) is 10.8. The molecule has 2 atom stereocenters. The number of amides is 1. The van der Waals surface area contributed by atoms with E-state index in [1.165, 1.54) is 5.56 Å². The summed E-state index contributed by atoms with van der Waals surface area (Å²) in [4.78, 5) is 22.2. The van der Waals surface area contributed by atoms with Crippen molar-refractivity contribution >= 4 is 23.3 Å². The molecule has 3 aromatic rings. The Bertz CT molecular complexity index is 1360. The average Bonchev–Trinajstić information content (AvgIpc) is 3.27. The first-order valence-corrected chi connectivity index (χ1v) is 13.7. The molecule has 0 saturated carbocycles. The maximum Gasteiger partial charge on any atom is 0.234 e. The van der Waals surface area contributed by atoms with E-state index in [1.54, 1.807) is 7.11 Å². The highest BCUT2D eigenvalue weighted by atomic mass is 35.5. The van der Waals surface area contributed by atoms with Crippen LogP contribution >= 0.6 is 11.6 Å². The predicted octanol–water partition coefficient (Wildman–Crippen LogP) is 5.38. The van der Waals surface area contributed by atoms with Crippen LogP contribution in [-0.2, 0) is 4.79 Å². The molecule has 0 bridgehead atoms. The molecular weight excluding hydrogens is 512 g/mol. The summed E-state index contributed by atoms with van der Waals surface area (Å²) in [6.07, 6.45) is -0.0308. The fraction of sp³-hybridized carbons (Fsp3) is 0.355. The zero-order valence-corrected chi connectivity index (χ0v) is 23.6. The topological polar surface area (TPSA) is 66.4 Å². The van der Waals surface area contributed by atoms with Crippen molar-refractivity contribution in [1.29, 1.82) is 0 Å². The van der Waals surface area contributed by atoms with E-state index in [9.17, 15) is 4.79 Å². The summed E-state index contributed by atoms with van der Waals surface area (Å²) < 4.78 is 11.8. The van der Waals surface area contributed by atoms with Gasteiger partial charge in [0.05, 0.1) is 38.0 Å². The quantitative estimate of drug-likeness (QED) is 0.411. The number of aryl methyl sites for hydroxylation is 1. The highest BCUT2D eigenvalue weighted by molar-refractivity contribution is 6.30. The summed E-state index contributed by atoms with van der Waals surface area (Å²) >= 11 is 6.30. The van der Waals surface area contributed by atoms with Crippen LogP contribution in [0.1, 0.15) is 48.2 Å². The van der Waals surface area contributed by atoms with Crippen LogP contribution in [0, 0.1) is 6.92 Å². The van der Waals surface area contributed by atoms with Crippen molar-refractivity contribution < 1.29 is 14.3 Å². The number of methoxy groups -OCH3 is 1. The third-order valence-corrected chi connectivity index (χ3v) is 7.28. The Balaban J connectivity index is 1.67. The Labute approximate surface area is 235 Å². The van der Waals surface area contributed by atoms with Crippen molar-refractivity contribution in [2.24, 2.45) is 4.99 Å². The average molecular weight is 547 g/mol. The number of aliphatic imine (C=N–C) groups is 1. The highest BCUT2D eigenvalue weighted by Crippen LogP contribution is 2.45. The minimum Gasteiger partial charge on any atom is -0.497 e. The van der Waals surface area contributed by atoms with Crippen molar-refractivity contribution in [3.8, 4) is 11.5 Å². The molecule has 204 valence electrons. The maximum atomic E-state index is 12.3. The molecule has 0 radical (unpaired) electrons. The number of nitrogens with one attached hydrogen (secondary N) is 1. The minimum atomic E-state index is -0.173. The number of ether oxygens (including phenoxy) is 2. The summed E-state index contributed by atoms with van der Waals surface area (Å²) in [5.74, 6) is 2.29.